The van der Waals surface area contributed by atoms with Crippen molar-refractivity contribution >= 4 is 57.7 Å². The van der Waals surface area contributed by atoms with Crippen LogP contribution in [-0.2, 0) is 0 Å². The number of aromatic nitrogens is 4. The average molecular weight is 577 g/mol. The zero-order valence-corrected chi connectivity index (χ0v) is 21.9. The molecule has 2 aromatic heterocycles. The molecule has 0 saturated heterocycles. The molecule has 0 unspecified atom stereocenters. The molecule has 13 heteroatoms. The van der Waals surface area contributed by atoms with E-state index in [1.807, 2.05) is 0 Å². The van der Waals surface area contributed by atoms with Gasteiger partial charge in [0.25, 0.3) is 11.8 Å². The summed E-state index contributed by atoms with van der Waals surface area (Å²) in [6.07, 6.45) is 0. The van der Waals surface area contributed by atoms with Crippen LogP contribution >= 0.6 is 0 Å². The van der Waals surface area contributed by atoms with E-state index in [9.17, 15) is 29.4 Å². The third-order valence-corrected chi connectivity index (χ3v) is 6.41. The van der Waals surface area contributed by atoms with Crippen LogP contribution in [0.2, 0.25) is 0 Å². The molecular weight excluding hydrogens is 556 g/mol. The number of aromatic amines is 2. The van der Waals surface area contributed by atoms with Crippen LogP contribution in [0.1, 0.15) is 41.4 Å². The number of carboxylic acids is 2. The highest BCUT2D eigenvalue weighted by atomic mass is 16.5. The summed E-state index contributed by atoms with van der Waals surface area (Å²) in [5.41, 5.74) is 1.60. The molecule has 0 aliphatic heterocycles. The number of nitrogens with zero attached hydrogens (tertiary/aromatic N) is 2. The Labute approximate surface area is 241 Å². The number of para-hydroxylation sites is 4. The predicted octanol–water partition coefficient (Wildman–Crippen LogP) is 5.13. The summed E-state index contributed by atoms with van der Waals surface area (Å²) < 4.78 is 5.78. The SMILES string of the molecule is O=C(O)c1cc(Oc2ccc(C(=O)O)c(C(=O)Nc3nc4ccccc4[nH]3)c2)ccc1C(=O)Nc1nc2ccccc2[nH]1. The van der Waals surface area contributed by atoms with Crippen LogP contribution in [0, 0.1) is 0 Å². The van der Waals surface area contributed by atoms with Crippen LogP contribution < -0.4 is 15.4 Å². The highest BCUT2D eigenvalue weighted by Crippen LogP contribution is 2.28. The van der Waals surface area contributed by atoms with Gasteiger partial charge in [-0.3, -0.25) is 20.2 Å². The number of H-pyrrole nitrogens is 2. The largest absolute Gasteiger partial charge is 0.478 e. The van der Waals surface area contributed by atoms with E-state index in [1.54, 1.807) is 48.5 Å². The van der Waals surface area contributed by atoms with Crippen molar-refractivity contribution in [3.8, 4) is 11.5 Å². The maximum absolute atomic E-state index is 13.1. The molecule has 0 radical (unpaired) electrons. The summed E-state index contributed by atoms with van der Waals surface area (Å²) >= 11 is 0. The lowest BCUT2D eigenvalue weighted by atomic mass is 10.1. The number of carbonyl (C=O) groups excluding carboxylic acids is 2. The van der Waals surface area contributed by atoms with Crippen LogP contribution in [0.3, 0.4) is 0 Å². The van der Waals surface area contributed by atoms with Crippen molar-refractivity contribution in [2.75, 3.05) is 10.6 Å². The number of hydrogen-bond acceptors (Lipinski definition) is 7. The maximum Gasteiger partial charge on any atom is 0.336 e. The van der Waals surface area contributed by atoms with Gasteiger partial charge in [0.05, 0.1) is 44.3 Å². The van der Waals surface area contributed by atoms with Gasteiger partial charge in [0.15, 0.2) is 0 Å². The maximum atomic E-state index is 13.1. The number of amides is 2. The second-order valence-corrected chi connectivity index (χ2v) is 9.24. The molecule has 43 heavy (non-hydrogen) atoms. The van der Waals surface area contributed by atoms with Crippen LogP contribution in [0.4, 0.5) is 11.9 Å². The van der Waals surface area contributed by atoms with E-state index in [0.29, 0.717) is 22.1 Å². The topological polar surface area (TPSA) is 199 Å². The lowest BCUT2D eigenvalue weighted by Gasteiger charge is -2.12. The lowest BCUT2D eigenvalue weighted by molar-refractivity contribution is 0.0683. The van der Waals surface area contributed by atoms with E-state index < -0.39 is 23.8 Å². The van der Waals surface area contributed by atoms with Gasteiger partial charge in [0.2, 0.25) is 11.9 Å². The van der Waals surface area contributed by atoms with Crippen molar-refractivity contribution in [3.63, 3.8) is 0 Å². The molecular formula is C30H20N6O7. The number of carboxylic acid groups (broad SMARTS) is 2. The number of benzene rings is 4. The Morgan fingerprint density at radius 3 is 1.56 bits per heavy atom. The number of ether oxygens (including phenoxy) is 1. The zero-order valence-electron chi connectivity index (χ0n) is 21.9. The molecule has 0 spiro atoms. The smallest absolute Gasteiger partial charge is 0.336 e. The van der Waals surface area contributed by atoms with Crippen molar-refractivity contribution < 1.29 is 34.1 Å². The number of imidazole rings is 2. The number of aromatic carboxylic acids is 2. The molecule has 2 heterocycles. The Kier molecular flexibility index (Phi) is 6.72. The number of fused-ring (bicyclic) bond motifs is 2. The Balaban J connectivity index is 1.24. The standard InChI is InChI=1S/C30H20N6O7/c37-25(35-29-31-21-5-1-2-6-22(21)32-29)17-11-9-16(14-20(17)28(41)42)43-15-10-12-18(27(39)40)19(13-15)26(38)36-30-33-23-7-3-4-8-24(23)34-30/h1-14H,(H,39,40)(H,41,42)(H2,31,32,35,37)(H2,33,34,36,38). The second-order valence-electron chi connectivity index (χ2n) is 9.24. The van der Waals surface area contributed by atoms with E-state index in [0.717, 1.165) is 6.07 Å². The highest BCUT2D eigenvalue weighted by Gasteiger charge is 2.22. The molecule has 2 amide bonds. The molecule has 212 valence electrons. The molecule has 0 bridgehead atoms. The molecule has 6 aromatic rings. The van der Waals surface area contributed by atoms with Crippen LogP contribution in [-0.4, -0.2) is 53.9 Å². The van der Waals surface area contributed by atoms with Crippen molar-refractivity contribution in [2.24, 2.45) is 0 Å². The van der Waals surface area contributed by atoms with Crippen molar-refractivity contribution in [1.82, 2.24) is 19.9 Å². The monoisotopic (exact) mass is 576 g/mol. The molecule has 4 aromatic carbocycles. The number of hydrogen-bond donors (Lipinski definition) is 6. The molecule has 0 atom stereocenters. The Morgan fingerprint density at radius 2 is 1.05 bits per heavy atom. The number of nitrogens with one attached hydrogen (secondary N) is 4. The van der Waals surface area contributed by atoms with Crippen molar-refractivity contribution in [3.05, 3.63) is 107 Å². The van der Waals surface area contributed by atoms with Gasteiger partial charge >= 0.3 is 11.9 Å². The summed E-state index contributed by atoms with van der Waals surface area (Å²) in [6, 6.07) is 21.8. The predicted molar refractivity (Wildman–Crippen MR) is 155 cm³/mol. The molecule has 0 aliphatic rings. The minimum atomic E-state index is -1.38. The van der Waals surface area contributed by atoms with E-state index in [4.69, 9.17) is 4.74 Å². The van der Waals surface area contributed by atoms with E-state index >= 15 is 0 Å². The third kappa shape index (κ3) is 5.45. The lowest BCUT2D eigenvalue weighted by Crippen LogP contribution is -2.17. The summed E-state index contributed by atoms with van der Waals surface area (Å²) in [5.74, 6) is -3.84. The summed E-state index contributed by atoms with van der Waals surface area (Å²) in [7, 11) is 0. The molecule has 0 aliphatic carbocycles. The first kappa shape index (κ1) is 26.7. The van der Waals surface area contributed by atoms with E-state index in [2.05, 4.69) is 30.6 Å². The van der Waals surface area contributed by atoms with Crippen LogP contribution in [0.5, 0.6) is 11.5 Å². The Morgan fingerprint density at radius 1 is 0.581 bits per heavy atom. The minimum Gasteiger partial charge on any atom is -0.478 e. The molecule has 0 saturated carbocycles. The first-order valence-corrected chi connectivity index (χ1v) is 12.7. The first-order valence-electron chi connectivity index (χ1n) is 12.7. The molecule has 13 nitrogen and oxygen atoms in total. The molecule has 6 N–H and O–H groups in total. The van der Waals surface area contributed by atoms with Gasteiger partial charge in [-0.15, -0.1) is 0 Å². The molecule has 0 fully saturated rings. The normalized spacial score (nSPS) is 10.9. The van der Waals surface area contributed by atoms with Gasteiger partial charge in [0.1, 0.15) is 11.5 Å². The van der Waals surface area contributed by atoms with Gasteiger partial charge in [-0.05, 0) is 60.7 Å². The second kappa shape index (κ2) is 10.8. The highest BCUT2D eigenvalue weighted by molar-refractivity contribution is 6.11. The summed E-state index contributed by atoms with van der Waals surface area (Å²) in [5, 5.41) is 24.6. The van der Waals surface area contributed by atoms with E-state index in [1.165, 1.54) is 30.3 Å². The number of rotatable bonds is 8. The third-order valence-electron chi connectivity index (χ3n) is 6.41. The average Bonchev–Trinajstić information content (AvgIpc) is 3.59. The first-order chi connectivity index (χ1) is 20.7. The minimum absolute atomic E-state index is 0.0319. The summed E-state index contributed by atoms with van der Waals surface area (Å²) in [6.45, 7) is 0. The van der Waals surface area contributed by atoms with Crippen LogP contribution in [0.25, 0.3) is 22.1 Å². The van der Waals surface area contributed by atoms with Gasteiger partial charge in [-0.1, -0.05) is 24.3 Å². The van der Waals surface area contributed by atoms with Gasteiger partial charge in [-0.2, -0.15) is 0 Å². The molecule has 6 rings (SSSR count). The van der Waals surface area contributed by atoms with Crippen molar-refractivity contribution in [2.45, 2.75) is 0 Å². The summed E-state index contributed by atoms with van der Waals surface area (Å²) in [4.78, 5) is 64.3. The van der Waals surface area contributed by atoms with Gasteiger partial charge in [-0.25, -0.2) is 19.6 Å². The number of anilines is 2. The van der Waals surface area contributed by atoms with Gasteiger partial charge < -0.3 is 24.9 Å². The number of carbonyl (C=O) groups is 4. The van der Waals surface area contributed by atoms with E-state index in [-0.39, 0.29) is 45.6 Å². The fourth-order valence-electron chi connectivity index (χ4n) is 4.43. The Bertz CT molecular complexity index is 2010. The zero-order chi connectivity index (χ0) is 30.1. The quantitative estimate of drug-likeness (QED) is 0.142. The van der Waals surface area contributed by atoms with Gasteiger partial charge in [0, 0.05) is 0 Å². The fourth-order valence-corrected chi connectivity index (χ4v) is 4.43. The fraction of sp³-hybridized carbons (Fsp3) is 0. The van der Waals surface area contributed by atoms with Crippen LogP contribution in [0.15, 0.2) is 84.9 Å². The van der Waals surface area contributed by atoms with Crippen molar-refractivity contribution in [1.29, 1.82) is 0 Å². The Hall–Kier alpha value is -6.50.